The largest absolute Gasteiger partial charge is 0.348 e. The van der Waals surface area contributed by atoms with Crippen LogP contribution in [0.4, 0.5) is 5.69 Å². The van der Waals surface area contributed by atoms with E-state index in [-0.39, 0.29) is 5.91 Å². The van der Waals surface area contributed by atoms with Gasteiger partial charge < -0.3 is 9.88 Å². The van der Waals surface area contributed by atoms with Crippen LogP contribution in [0.3, 0.4) is 0 Å². The molecule has 0 aliphatic heterocycles. The summed E-state index contributed by atoms with van der Waals surface area (Å²) < 4.78 is 0. The maximum atomic E-state index is 12.3. The number of nitrogens with zero attached hydrogens (tertiary/aromatic N) is 2. The number of aromatic amines is 1. The number of benzene rings is 1. The van der Waals surface area contributed by atoms with E-state index < -0.39 is 0 Å². The molecule has 1 heterocycles. The van der Waals surface area contributed by atoms with E-state index in [1.165, 1.54) is 0 Å². The van der Waals surface area contributed by atoms with Gasteiger partial charge in [0.15, 0.2) is 0 Å². The summed E-state index contributed by atoms with van der Waals surface area (Å²) in [6.07, 6.45) is 4.58. The van der Waals surface area contributed by atoms with Crippen LogP contribution in [0, 0.1) is 6.92 Å². The van der Waals surface area contributed by atoms with Gasteiger partial charge in [0, 0.05) is 30.5 Å². The number of aryl methyl sites for hydroxylation is 2. The third-order valence-corrected chi connectivity index (χ3v) is 3.09. The minimum absolute atomic E-state index is 0.141. The van der Waals surface area contributed by atoms with Crippen molar-refractivity contribution in [2.24, 2.45) is 0 Å². The Morgan fingerprint density at radius 1 is 1.42 bits per heavy atom. The number of rotatable bonds is 5. The lowest BCUT2D eigenvalue weighted by molar-refractivity contribution is -0.118. The van der Waals surface area contributed by atoms with Crippen LogP contribution in [0.1, 0.15) is 24.6 Å². The first-order valence-electron chi connectivity index (χ1n) is 6.55. The molecule has 0 aliphatic rings. The highest BCUT2D eigenvalue weighted by Crippen LogP contribution is 2.17. The van der Waals surface area contributed by atoms with Gasteiger partial charge in [-0.2, -0.15) is 0 Å². The monoisotopic (exact) mass is 257 g/mol. The summed E-state index contributed by atoms with van der Waals surface area (Å²) in [5.74, 6) is 0.141. The molecule has 0 spiro atoms. The number of carbonyl (C=O) groups excluding carboxylic acids is 1. The van der Waals surface area contributed by atoms with Crippen molar-refractivity contribution in [3.8, 4) is 0 Å². The van der Waals surface area contributed by atoms with E-state index in [0.29, 0.717) is 19.4 Å². The van der Waals surface area contributed by atoms with Gasteiger partial charge in [0.25, 0.3) is 0 Å². The molecule has 100 valence electrons. The Kier molecular flexibility index (Phi) is 4.34. The number of hydrogen-bond donors (Lipinski definition) is 1. The molecule has 4 nitrogen and oxygen atoms in total. The maximum Gasteiger partial charge on any atom is 0.227 e. The van der Waals surface area contributed by atoms with Crippen LogP contribution in [-0.4, -0.2) is 22.4 Å². The third-order valence-electron chi connectivity index (χ3n) is 3.09. The lowest BCUT2D eigenvalue weighted by Gasteiger charge is -2.21. The molecule has 1 N–H and O–H groups in total. The Bertz CT molecular complexity index is 534. The second kappa shape index (κ2) is 6.18. The van der Waals surface area contributed by atoms with Crippen LogP contribution >= 0.6 is 0 Å². The van der Waals surface area contributed by atoms with Crippen molar-refractivity contribution < 1.29 is 4.79 Å². The Morgan fingerprint density at radius 2 is 2.26 bits per heavy atom. The van der Waals surface area contributed by atoms with E-state index in [2.05, 4.69) is 9.97 Å². The van der Waals surface area contributed by atoms with Gasteiger partial charge in [-0.15, -0.1) is 0 Å². The predicted molar refractivity (Wildman–Crippen MR) is 76.1 cm³/mol. The first-order chi connectivity index (χ1) is 9.20. The smallest absolute Gasteiger partial charge is 0.227 e. The number of aromatic nitrogens is 2. The molecule has 4 heteroatoms. The number of amides is 1. The number of carbonyl (C=O) groups is 1. The van der Waals surface area contributed by atoms with Gasteiger partial charge in [-0.3, -0.25) is 4.79 Å². The number of imidazole rings is 1. The molecule has 0 saturated carbocycles. The standard InChI is InChI=1S/C15H19N3O/c1-3-18(14-6-4-5-12(2)9-14)15(19)8-7-13-10-16-11-17-13/h4-6,9-11H,3,7-8H2,1-2H3,(H,16,17). The average Bonchev–Trinajstić information content (AvgIpc) is 2.90. The van der Waals surface area contributed by atoms with E-state index in [1.54, 1.807) is 12.5 Å². The molecular formula is C15H19N3O. The molecule has 0 bridgehead atoms. The van der Waals surface area contributed by atoms with Crippen LogP contribution in [-0.2, 0) is 11.2 Å². The lowest BCUT2D eigenvalue weighted by atomic mass is 10.2. The van der Waals surface area contributed by atoms with Gasteiger partial charge in [0.1, 0.15) is 0 Å². The molecule has 2 aromatic rings. The molecule has 0 unspecified atom stereocenters. The maximum absolute atomic E-state index is 12.3. The van der Waals surface area contributed by atoms with Crippen LogP contribution in [0.5, 0.6) is 0 Å². The third kappa shape index (κ3) is 3.44. The van der Waals surface area contributed by atoms with Gasteiger partial charge in [-0.05, 0) is 38.0 Å². The molecule has 2 rings (SSSR count). The highest BCUT2D eigenvalue weighted by molar-refractivity contribution is 5.93. The van der Waals surface area contributed by atoms with E-state index in [9.17, 15) is 4.79 Å². The Balaban J connectivity index is 2.02. The number of anilines is 1. The Hall–Kier alpha value is -2.10. The molecule has 1 aromatic carbocycles. The molecule has 0 fully saturated rings. The van der Waals surface area contributed by atoms with Crippen molar-refractivity contribution in [3.05, 3.63) is 48.0 Å². The zero-order chi connectivity index (χ0) is 13.7. The van der Waals surface area contributed by atoms with Gasteiger partial charge in [0.2, 0.25) is 5.91 Å². The van der Waals surface area contributed by atoms with Crippen LogP contribution in [0.25, 0.3) is 0 Å². The molecule has 19 heavy (non-hydrogen) atoms. The lowest BCUT2D eigenvalue weighted by Crippen LogP contribution is -2.30. The van der Waals surface area contributed by atoms with Crippen molar-refractivity contribution in [1.82, 2.24) is 9.97 Å². The summed E-state index contributed by atoms with van der Waals surface area (Å²) in [5.41, 5.74) is 3.13. The summed E-state index contributed by atoms with van der Waals surface area (Å²) >= 11 is 0. The second-order valence-corrected chi connectivity index (χ2v) is 4.55. The fourth-order valence-corrected chi connectivity index (χ4v) is 2.10. The van der Waals surface area contributed by atoms with E-state index >= 15 is 0 Å². The summed E-state index contributed by atoms with van der Waals surface area (Å²) in [6.45, 7) is 4.72. The van der Waals surface area contributed by atoms with Crippen molar-refractivity contribution in [1.29, 1.82) is 0 Å². The SMILES string of the molecule is CCN(C(=O)CCc1cnc[nH]1)c1cccc(C)c1. The van der Waals surface area contributed by atoms with Gasteiger partial charge in [0.05, 0.1) is 6.33 Å². The second-order valence-electron chi connectivity index (χ2n) is 4.55. The zero-order valence-corrected chi connectivity index (χ0v) is 11.4. The van der Waals surface area contributed by atoms with Crippen LogP contribution < -0.4 is 4.90 Å². The number of H-pyrrole nitrogens is 1. The average molecular weight is 257 g/mol. The first kappa shape index (κ1) is 13.3. The molecular weight excluding hydrogens is 238 g/mol. The zero-order valence-electron chi connectivity index (χ0n) is 11.4. The highest BCUT2D eigenvalue weighted by atomic mass is 16.2. The Labute approximate surface area is 113 Å². The molecule has 0 radical (unpaired) electrons. The fraction of sp³-hybridized carbons (Fsp3) is 0.333. The summed E-state index contributed by atoms with van der Waals surface area (Å²) in [4.78, 5) is 21.1. The van der Waals surface area contributed by atoms with E-state index in [1.807, 2.05) is 43.0 Å². The normalized spacial score (nSPS) is 10.4. The minimum atomic E-state index is 0.141. The first-order valence-corrected chi connectivity index (χ1v) is 6.55. The predicted octanol–water partition coefficient (Wildman–Crippen LogP) is 2.70. The van der Waals surface area contributed by atoms with E-state index in [4.69, 9.17) is 0 Å². The van der Waals surface area contributed by atoms with E-state index in [0.717, 1.165) is 16.9 Å². The van der Waals surface area contributed by atoms with Crippen LogP contribution in [0.15, 0.2) is 36.8 Å². The summed E-state index contributed by atoms with van der Waals surface area (Å²) in [5, 5.41) is 0. The summed E-state index contributed by atoms with van der Waals surface area (Å²) in [7, 11) is 0. The van der Waals surface area contributed by atoms with Crippen molar-refractivity contribution in [2.75, 3.05) is 11.4 Å². The summed E-state index contributed by atoms with van der Waals surface area (Å²) in [6, 6.07) is 8.03. The molecule has 1 aromatic heterocycles. The van der Waals surface area contributed by atoms with Gasteiger partial charge in [-0.25, -0.2) is 4.98 Å². The van der Waals surface area contributed by atoms with Crippen molar-refractivity contribution in [2.45, 2.75) is 26.7 Å². The molecule has 0 atom stereocenters. The van der Waals surface area contributed by atoms with Crippen molar-refractivity contribution >= 4 is 11.6 Å². The fourth-order valence-electron chi connectivity index (χ4n) is 2.10. The van der Waals surface area contributed by atoms with Gasteiger partial charge >= 0.3 is 0 Å². The highest BCUT2D eigenvalue weighted by Gasteiger charge is 2.13. The number of hydrogen-bond acceptors (Lipinski definition) is 2. The van der Waals surface area contributed by atoms with Gasteiger partial charge in [-0.1, -0.05) is 12.1 Å². The van der Waals surface area contributed by atoms with Crippen LogP contribution in [0.2, 0.25) is 0 Å². The Morgan fingerprint density at radius 3 is 2.89 bits per heavy atom. The molecule has 1 amide bonds. The quantitative estimate of drug-likeness (QED) is 0.895. The van der Waals surface area contributed by atoms with Crippen molar-refractivity contribution in [3.63, 3.8) is 0 Å². The topological polar surface area (TPSA) is 49.0 Å². The molecule has 0 saturated heterocycles. The molecule has 0 aliphatic carbocycles. The minimum Gasteiger partial charge on any atom is -0.348 e. The number of nitrogens with one attached hydrogen (secondary N) is 1.